The number of ether oxygens (including phenoxy) is 4. The van der Waals surface area contributed by atoms with Crippen LogP contribution >= 0.6 is 0 Å². The molecule has 6 rings (SSSR count). The fourth-order valence-corrected chi connectivity index (χ4v) is 8.83. The molecule has 29 heavy (non-hydrogen) atoms. The lowest BCUT2D eigenvalue weighted by Gasteiger charge is -2.60. The van der Waals surface area contributed by atoms with Crippen molar-refractivity contribution in [3.63, 3.8) is 0 Å². The molecule has 8 atom stereocenters. The van der Waals surface area contributed by atoms with Gasteiger partial charge in [-0.2, -0.15) is 0 Å². The first-order chi connectivity index (χ1) is 13.9. The van der Waals surface area contributed by atoms with Crippen LogP contribution in [0.2, 0.25) is 0 Å². The summed E-state index contributed by atoms with van der Waals surface area (Å²) in [6, 6.07) is 0. The normalized spacial score (nSPS) is 56.6. The molecule has 0 radical (unpaired) electrons. The molecule has 0 aromatic heterocycles. The van der Waals surface area contributed by atoms with Crippen LogP contribution in [0.4, 0.5) is 0 Å². The van der Waals surface area contributed by atoms with Gasteiger partial charge in [0, 0.05) is 30.6 Å². The second-order valence-corrected chi connectivity index (χ2v) is 11.0. The molecule has 0 aromatic carbocycles. The zero-order chi connectivity index (χ0) is 20.1. The fourth-order valence-electron chi connectivity index (χ4n) is 8.83. The van der Waals surface area contributed by atoms with Crippen LogP contribution in [-0.2, 0) is 28.5 Å². The molecule has 2 spiro atoms. The van der Waals surface area contributed by atoms with Gasteiger partial charge in [-0.15, -0.1) is 0 Å². The summed E-state index contributed by atoms with van der Waals surface area (Å²) in [5.41, 5.74) is -0.937. The van der Waals surface area contributed by atoms with E-state index in [1.807, 2.05) is 0 Å². The maximum absolute atomic E-state index is 13.8. The van der Waals surface area contributed by atoms with Crippen molar-refractivity contribution in [3.05, 3.63) is 0 Å². The van der Waals surface area contributed by atoms with Crippen molar-refractivity contribution in [2.24, 2.45) is 34.5 Å². The van der Waals surface area contributed by atoms with Crippen molar-refractivity contribution < 1.29 is 28.5 Å². The Morgan fingerprint density at radius 2 is 1.79 bits per heavy atom. The van der Waals surface area contributed by atoms with Gasteiger partial charge in [0.05, 0.1) is 0 Å². The quantitative estimate of drug-likeness (QED) is 0.617. The first-order valence-electron chi connectivity index (χ1n) is 11.4. The van der Waals surface area contributed by atoms with E-state index in [2.05, 4.69) is 13.8 Å². The highest BCUT2D eigenvalue weighted by Gasteiger charge is 2.77. The van der Waals surface area contributed by atoms with E-state index in [0.29, 0.717) is 55.2 Å². The second-order valence-electron chi connectivity index (χ2n) is 11.0. The first kappa shape index (κ1) is 18.9. The molecule has 2 aliphatic heterocycles. The Morgan fingerprint density at radius 3 is 2.59 bits per heavy atom. The van der Waals surface area contributed by atoms with E-state index < -0.39 is 11.4 Å². The number of ketones is 2. The Hall–Kier alpha value is -0.820. The molecule has 4 saturated carbocycles. The van der Waals surface area contributed by atoms with Gasteiger partial charge in [-0.05, 0) is 55.3 Å². The molecule has 160 valence electrons. The average Bonchev–Trinajstić information content (AvgIpc) is 3.37. The molecule has 4 aliphatic carbocycles. The van der Waals surface area contributed by atoms with E-state index in [1.165, 1.54) is 0 Å². The van der Waals surface area contributed by atoms with Crippen molar-refractivity contribution in [2.45, 2.75) is 76.6 Å². The smallest absolute Gasteiger partial charge is 0.226 e. The van der Waals surface area contributed by atoms with Gasteiger partial charge in [0.1, 0.15) is 23.8 Å². The molecule has 2 heterocycles. The number of fused-ring (bicyclic) bond motifs is 7. The third-order valence-corrected chi connectivity index (χ3v) is 10.2. The minimum atomic E-state index is -0.873. The van der Waals surface area contributed by atoms with Gasteiger partial charge in [0.15, 0.2) is 13.6 Å². The lowest BCUT2D eigenvalue weighted by atomic mass is 9.43. The zero-order valence-corrected chi connectivity index (χ0v) is 17.5. The van der Waals surface area contributed by atoms with Crippen molar-refractivity contribution in [3.8, 4) is 0 Å². The number of carbonyl (C=O) groups is 2. The highest BCUT2D eigenvalue weighted by atomic mass is 16.9. The maximum Gasteiger partial charge on any atom is 0.226 e. The molecule has 0 amide bonds. The summed E-state index contributed by atoms with van der Waals surface area (Å²) in [6.45, 7) is 5.35. The standard InChI is InChI=1S/C23H32O6/c1-20-7-5-15(24)9-14(20)3-4-16-17-6-8-22(21(17,2)10-18(25)19(16)20)23(29-13-27-22)11-26-12-28-23/h14,16-17,19H,3-13H2,1-2H3/t14-,16+,17+,19+,20+,21+,22-,23-/m1/s1. The van der Waals surface area contributed by atoms with E-state index in [9.17, 15) is 9.59 Å². The van der Waals surface area contributed by atoms with Crippen LogP contribution in [0.15, 0.2) is 0 Å². The molecule has 6 heteroatoms. The van der Waals surface area contributed by atoms with Crippen molar-refractivity contribution in [1.82, 2.24) is 0 Å². The SMILES string of the molecule is C[C@]12CCC(=O)C[C@H]1CC[C@@H]1[C@H]2C(=O)C[C@@]2(C)[C@H]1CC[C@@]21OCO[C@]12COCO2. The van der Waals surface area contributed by atoms with E-state index in [4.69, 9.17) is 18.9 Å². The van der Waals surface area contributed by atoms with Gasteiger partial charge in [-0.25, -0.2) is 0 Å². The van der Waals surface area contributed by atoms with E-state index >= 15 is 0 Å². The van der Waals surface area contributed by atoms with E-state index in [0.717, 1.165) is 32.1 Å². The van der Waals surface area contributed by atoms with Gasteiger partial charge in [-0.1, -0.05) is 13.8 Å². The summed E-state index contributed by atoms with van der Waals surface area (Å²) in [4.78, 5) is 25.9. The summed E-state index contributed by atoms with van der Waals surface area (Å²) in [5, 5.41) is 0. The van der Waals surface area contributed by atoms with Crippen LogP contribution in [-0.4, -0.2) is 43.1 Å². The predicted molar refractivity (Wildman–Crippen MR) is 102 cm³/mol. The highest BCUT2D eigenvalue weighted by molar-refractivity contribution is 5.86. The van der Waals surface area contributed by atoms with E-state index in [1.54, 1.807) is 0 Å². The summed E-state index contributed by atoms with van der Waals surface area (Å²) in [6.07, 6.45) is 6.71. The molecule has 0 N–H and O–H groups in total. The average molecular weight is 405 g/mol. The van der Waals surface area contributed by atoms with Crippen molar-refractivity contribution in [2.75, 3.05) is 20.2 Å². The minimum absolute atomic E-state index is 0.0251. The van der Waals surface area contributed by atoms with Gasteiger partial charge in [0.25, 0.3) is 0 Å². The van der Waals surface area contributed by atoms with Gasteiger partial charge in [-0.3, -0.25) is 9.59 Å². The number of Topliss-reactive ketones (excluding diaryl/α,β-unsaturated/α-hetero) is 2. The number of carbonyl (C=O) groups excluding carboxylic acids is 2. The summed E-state index contributed by atoms with van der Waals surface area (Å²) in [5.74, 6) is 1.14. The Kier molecular flexibility index (Phi) is 3.85. The number of hydrogen-bond acceptors (Lipinski definition) is 6. The van der Waals surface area contributed by atoms with Crippen LogP contribution < -0.4 is 0 Å². The Labute approximate surface area is 172 Å². The monoisotopic (exact) mass is 404 g/mol. The van der Waals surface area contributed by atoms with Crippen molar-refractivity contribution >= 4 is 11.6 Å². The molecule has 0 aromatic rings. The minimum Gasteiger partial charge on any atom is -0.350 e. The molecule has 6 aliphatic rings. The molecule has 0 bridgehead atoms. The van der Waals surface area contributed by atoms with Crippen molar-refractivity contribution in [1.29, 1.82) is 0 Å². The van der Waals surface area contributed by atoms with Crippen LogP contribution in [0.5, 0.6) is 0 Å². The molecule has 6 fully saturated rings. The first-order valence-corrected chi connectivity index (χ1v) is 11.4. The summed E-state index contributed by atoms with van der Waals surface area (Å²) in [7, 11) is 0. The molecule has 0 unspecified atom stereocenters. The summed E-state index contributed by atoms with van der Waals surface area (Å²) >= 11 is 0. The van der Waals surface area contributed by atoms with Crippen LogP contribution in [0.1, 0.15) is 65.2 Å². The lowest BCUT2D eigenvalue weighted by molar-refractivity contribution is -0.247. The van der Waals surface area contributed by atoms with Gasteiger partial charge < -0.3 is 18.9 Å². The topological polar surface area (TPSA) is 71.1 Å². The Balaban J connectivity index is 1.39. The highest BCUT2D eigenvalue weighted by Crippen LogP contribution is 2.71. The molecular formula is C23H32O6. The Bertz CT molecular complexity index is 753. The molecule has 2 saturated heterocycles. The molecule has 6 nitrogen and oxygen atoms in total. The van der Waals surface area contributed by atoms with Gasteiger partial charge in [0.2, 0.25) is 5.79 Å². The zero-order valence-electron chi connectivity index (χ0n) is 17.5. The number of rotatable bonds is 0. The molecular weight excluding hydrogens is 372 g/mol. The lowest BCUT2D eigenvalue weighted by Crippen LogP contribution is -2.66. The third kappa shape index (κ3) is 2.12. The van der Waals surface area contributed by atoms with E-state index in [-0.39, 0.29) is 30.3 Å². The largest absolute Gasteiger partial charge is 0.350 e. The van der Waals surface area contributed by atoms with Crippen LogP contribution in [0, 0.1) is 34.5 Å². The predicted octanol–water partition coefficient (Wildman–Crippen LogP) is 3.22. The van der Waals surface area contributed by atoms with Crippen LogP contribution in [0.25, 0.3) is 0 Å². The summed E-state index contributed by atoms with van der Waals surface area (Å²) < 4.78 is 24.0. The third-order valence-electron chi connectivity index (χ3n) is 10.2. The Morgan fingerprint density at radius 1 is 0.966 bits per heavy atom. The van der Waals surface area contributed by atoms with Gasteiger partial charge >= 0.3 is 0 Å². The fraction of sp³-hybridized carbons (Fsp3) is 0.913. The maximum atomic E-state index is 13.8. The second kappa shape index (κ2) is 5.90. The van der Waals surface area contributed by atoms with Crippen LogP contribution in [0.3, 0.4) is 0 Å². The number of hydrogen-bond donors (Lipinski definition) is 0.